The minimum atomic E-state index is -1.27. The lowest BCUT2D eigenvalue weighted by Gasteiger charge is -2.46. The van der Waals surface area contributed by atoms with Crippen LogP contribution in [0, 0.1) is 17.3 Å². The Morgan fingerprint density at radius 1 is 0.284 bits per heavy atom. The van der Waals surface area contributed by atoms with Crippen molar-refractivity contribution in [2.45, 2.75) is 336 Å². The standard InChI is InChI=1S/C59H118O6P2/c1-7-11-15-19-23-27-31-35-39-51-60-66(61-52-40-36-32-28-24-20-16-12-8-2)64-57-47-43-55(44-48-57)59(5,6)56-45-49-58(50-46-56)65-67(62-53-41-37-33-29-25-21-17-13-9-3)63-54-42-38-34-30-26-22-18-14-10-4/h55-58H,7-54H2,1-6H3. The molecule has 2 fully saturated rings. The number of rotatable bonds is 50. The van der Waals surface area contributed by atoms with Crippen LogP contribution in [0.2, 0.25) is 0 Å². The minimum absolute atomic E-state index is 0.263. The molecular formula is C59H118O6P2. The Balaban J connectivity index is 1.78. The molecule has 2 rings (SSSR count). The van der Waals surface area contributed by atoms with Crippen molar-refractivity contribution in [2.24, 2.45) is 17.3 Å². The van der Waals surface area contributed by atoms with Gasteiger partial charge in [0.25, 0.3) is 0 Å². The van der Waals surface area contributed by atoms with E-state index in [1.54, 1.807) is 0 Å². The fourth-order valence-corrected chi connectivity index (χ4v) is 13.2. The van der Waals surface area contributed by atoms with Crippen LogP contribution in [0.4, 0.5) is 0 Å². The van der Waals surface area contributed by atoms with Gasteiger partial charge in [-0.25, -0.2) is 0 Å². The lowest BCUT2D eigenvalue weighted by atomic mass is 9.60. The van der Waals surface area contributed by atoms with Crippen LogP contribution < -0.4 is 0 Å². The highest BCUT2D eigenvalue weighted by atomic mass is 31.2. The van der Waals surface area contributed by atoms with Crippen molar-refractivity contribution in [3.05, 3.63) is 0 Å². The summed E-state index contributed by atoms with van der Waals surface area (Å²) in [5, 5.41) is 0. The largest absolute Gasteiger partial charge is 0.332 e. The summed E-state index contributed by atoms with van der Waals surface area (Å²) < 4.78 is 39.1. The Bertz CT molecular complexity index is 878. The minimum Gasteiger partial charge on any atom is -0.312 e. The Labute approximate surface area is 422 Å². The van der Waals surface area contributed by atoms with Gasteiger partial charge in [0.2, 0.25) is 0 Å². The summed E-state index contributed by atoms with van der Waals surface area (Å²) in [6.45, 7) is 17.4. The van der Waals surface area contributed by atoms with Crippen molar-refractivity contribution in [1.29, 1.82) is 0 Å². The van der Waals surface area contributed by atoms with Crippen LogP contribution in [0.5, 0.6) is 0 Å². The first-order valence-electron chi connectivity index (χ1n) is 30.4. The molecule has 8 heteroatoms. The zero-order chi connectivity index (χ0) is 48.1. The monoisotopic (exact) mass is 985 g/mol. The average Bonchev–Trinajstić information content (AvgIpc) is 3.34. The van der Waals surface area contributed by atoms with E-state index >= 15 is 0 Å². The van der Waals surface area contributed by atoms with Gasteiger partial charge in [-0.3, -0.25) is 0 Å². The van der Waals surface area contributed by atoms with Crippen LogP contribution in [0.1, 0.15) is 324 Å². The molecule has 0 atom stereocenters. The first kappa shape index (κ1) is 63.7. The second kappa shape index (κ2) is 46.4. The molecule has 0 amide bonds. The molecule has 0 aromatic heterocycles. The molecule has 2 saturated carbocycles. The van der Waals surface area contributed by atoms with Crippen LogP contribution in [0.25, 0.3) is 0 Å². The molecule has 67 heavy (non-hydrogen) atoms. The molecule has 0 aromatic carbocycles. The van der Waals surface area contributed by atoms with Gasteiger partial charge in [-0.15, -0.1) is 0 Å². The van der Waals surface area contributed by atoms with Crippen LogP contribution >= 0.6 is 17.2 Å². The number of unbranched alkanes of at least 4 members (excludes halogenated alkanes) is 32. The van der Waals surface area contributed by atoms with Crippen LogP contribution in [0.15, 0.2) is 0 Å². The van der Waals surface area contributed by atoms with E-state index in [9.17, 15) is 0 Å². The lowest BCUT2D eigenvalue weighted by molar-refractivity contribution is 0.00223. The molecule has 400 valence electrons. The third kappa shape index (κ3) is 35.4. The summed E-state index contributed by atoms with van der Waals surface area (Å²) in [6, 6.07) is 0. The van der Waals surface area contributed by atoms with Crippen molar-refractivity contribution in [3.63, 3.8) is 0 Å². The Morgan fingerprint density at radius 3 is 0.687 bits per heavy atom. The molecule has 2 aliphatic rings. The zero-order valence-corrected chi connectivity index (χ0v) is 47.9. The van der Waals surface area contributed by atoms with Gasteiger partial charge < -0.3 is 27.1 Å². The highest BCUT2D eigenvalue weighted by Gasteiger charge is 2.41. The quantitative estimate of drug-likeness (QED) is 0.0447. The summed E-state index contributed by atoms with van der Waals surface area (Å²) in [7, 11) is -2.55. The van der Waals surface area contributed by atoms with Gasteiger partial charge in [-0.1, -0.05) is 247 Å². The van der Waals surface area contributed by atoms with E-state index in [0.717, 1.165) is 89.6 Å². The normalized spacial score (nSPS) is 19.3. The molecule has 0 unspecified atom stereocenters. The van der Waals surface area contributed by atoms with Crippen LogP contribution in [-0.4, -0.2) is 38.6 Å². The third-order valence-electron chi connectivity index (χ3n) is 15.7. The molecular weight excluding hydrogens is 867 g/mol. The second-order valence-corrected chi connectivity index (χ2v) is 24.4. The molecule has 0 bridgehead atoms. The Kier molecular flexibility index (Phi) is 44.1. The zero-order valence-electron chi connectivity index (χ0n) is 46.1. The highest BCUT2D eigenvalue weighted by Crippen LogP contribution is 2.52. The van der Waals surface area contributed by atoms with Gasteiger partial charge in [-0.2, -0.15) is 0 Å². The van der Waals surface area contributed by atoms with E-state index in [-0.39, 0.29) is 12.2 Å². The Hall–Kier alpha value is 0.620. The van der Waals surface area contributed by atoms with Gasteiger partial charge in [0, 0.05) is 0 Å². The van der Waals surface area contributed by atoms with Gasteiger partial charge >= 0.3 is 17.2 Å². The first-order chi connectivity index (χ1) is 32.9. The summed E-state index contributed by atoms with van der Waals surface area (Å²) in [5.74, 6) is 1.48. The molecule has 0 radical (unpaired) electrons. The van der Waals surface area contributed by atoms with E-state index in [0.29, 0.717) is 5.41 Å². The van der Waals surface area contributed by atoms with Crippen molar-refractivity contribution in [3.8, 4) is 0 Å². The maximum atomic E-state index is 6.73. The van der Waals surface area contributed by atoms with Gasteiger partial charge in [0.05, 0.1) is 38.6 Å². The summed E-state index contributed by atoms with van der Waals surface area (Å²) in [6.07, 6.45) is 57.9. The number of hydrogen-bond acceptors (Lipinski definition) is 6. The van der Waals surface area contributed by atoms with E-state index in [1.807, 2.05) is 0 Å². The van der Waals surface area contributed by atoms with Gasteiger partial charge in [0.15, 0.2) is 0 Å². The smallest absolute Gasteiger partial charge is 0.312 e. The van der Waals surface area contributed by atoms with Crippen LogP contribution in [0.3, 0.4) is 0 Å². The molecule has 0 aliphatic heterocycles. The molecule has 0 spiro atoms. The predicted octanol–water partition coefficient (Wildman–Crippen LogP) is 21.8. The van der Waals surface area contributed by atoms with E-state index in [4.69, 9.17) is 27.1 Å². The maximum Gasteiger partial charge on any atom is 0.332 e. The summed E-state index contributed by atoms with van der Waals surface area (Å²) in [5.41, 5.74) is 0.323. The third-order valence-corrected chi connectivity index (χ3v) is 18.2. The van der Waals surface area contributed by atoms with E-state index in [2.05, 4.69) is 41.5 Å². The summed E-state index contributed by atoms with van der Waals surface area (Å²) in [4.78, 5) is 0. The van der Waals surface area contributed by atoms with Crippen LogP contribution in [-0.2, 0) is 27.1 Å². The predicted molar refractivity (Wildman–Crippen MR) is 294 cm³/mol. The topological polar surface area (TPSA) is 55.4 Å². The molecule has 6 nitrogen and oxygen atoms in total. The second-order valence-electron chi connectivity index (χ2n) is 22.1. The van der Waals surface area contributed by atoms with Crippen molar-refractivity contribution < 1.29 is 27.1 Å². The van der Waals surface area contributed by atoms with Gasteiger partial charge in [0.1, 0.15) is 0 Å². The Morgan fingerprint density at radius 2 is 0.478 bits per heavy atom. The van der Waals surface area contributed by atoms with E-state index in [1.165, 1.54) is 231 Å². The first-order valence-corrected chi connectivity index (χ1v) is 32.6. The van der Waals surface area contributed by atoms with Gasteiger partial charge in [-0.05, 0) is 94.3 Å². The molecule has 0 aromatic rings. The fraction of sp³-hybridized carbons (Fsp3) is 1.00. The van der Waals surface area contributed by atoms with Crippen molar-refractivity contribution in [2.75, 3.05) is 26.4 Å². The average molecular weight is 986 g/mol. The molecule has 0 saturated heterocycles. The SMILES string of the molecule is CCCCCCCCCCCOP(OCCCCCCCCCCC)OC1CCC(C(C)(C)C2CCC(OP(OCCCCCCCCCCC)OCCCCCCCCCCC)CC2)CC1. The molecule has 0 N–H and O–H groups in total. The maximum absolute atomic E-state index is 6.73. The number of hydrogen-bond donors (Lipinski definition) is 0. The molecule has 0 heterocycles. The summed E-state index contributed by atoms with van der Waals surface area (Å²) >= 11 is 0. The van der Waals surface area contributed by atoms with Crippen molar-refractivity contribution in [1.82, 2.24) is 0 Å². The lowest BCUT2D eigenvalue weighted by Crippen LogP contribution is -2.38. The highest BCUT2D eigenvalue weighted by molar-refractivity contribution is 7.42. The van der Waals surface area contributed by atoms with E-state index < -0.39 is 17.2 Å². The fourth-order valence-electron chi connectivity index (χ4n) is 10.8. The van der Waals surface area contributed by atoms with Crippen molar-refractivity contribution >= 4 is 17.2 Å². The molecule has 2 aliphatic carbocycles.